The number of benzene rings is 2. The SMILES string of the molecule is CC(C)C(=O)Nc1cccc(NC(=O)C(C)Oc2ccc(C(C)C)cc2)c1. The van der Waals surface area contributed by atoms with E-state index in [1.807, 2.05) is 38.1 Å². The molecule has 0 heterocycles. The van der Waals surface area contributed by atoms with Gasteiger partial charge in [0, 0.05) is 17.3 Å². The standard InChI is InChI=1S/C22H28N2O3/c1-14(2)17-9-11-20(12-10-17)27-16(5)22(26)24-19-8-6-7-18(13-19)23-21(25)15(3)4/h6-16H,1-5H3,(H,23,25)(H,24,26). The largest absolute Gasteiger partial charge is 0.481 e. The monoisotopic (exact) mass is 368 g/mol. The summed E-state index contributed by atoms with van der Waals surface area (Å²) in [6.45, 7) is 9.62. The Morgan fingerprint density at radius 2 is 1.37 bits per heavy atom. The Morgan fingerprint density at radius 1 is 0.815 bits per heavy atom. The van der Waals surface area contributed by atoms with E-state index in [0.29, 0.717) is 23.0 Å². The van der Waals surface area contributed by atoms with Crippen molar-refractivity contribution in [2.75, 3.05) is 10.6 Å². The molecular formula is C22H28N2O3. The molecule has 0 saturated carbocycles. The maximum absolute atomic E-state index is 12.4. The van der Waals surface area contributed by atoms with Crippen molar-refractivity contribution in [1.29, 1.82) is 0 Å². The molecule has 5 nitrogen and oxygen atoms in total. The zero-order valence-corrected chi connectivity index (χ0v) is 16.6. The molecule has 5 heteroatoms. The van der Waals surface area contributed by atoms with Crippen LogP contribution in [0.4, 0.5) is 11.4 Å². The second-order valence-corrected chi connectivity index (χ2v) is 7.20. The molecule has 2 rings (SSSR count). The van der Waals surface area contributed by atoms with Crippen molar-refractivity contribution in [3.05, 3.63) is 54.1 Å². The minimum atomic E-state index is -0.649. The van der Waals surface area contributed by atoms with E-state index in [0.717, 1.165) is 0 Å². The molecule has 1 unspecified atom stereocenters. The molecule has 0 saturated heterocycles. The Morgan fingerprint density at radius 3 is 1.89 bits per heavy atom. The lowest BCUT2D eigenvalue weighted by Gasteiger charge is -2.16. The molecule has 0 aliphatic rings. The van der Waals surface area contributed by atoms with Crippen LogP contribution in [-0.4, -0.2) is 17.9 Å². The number of anilines is 2. The molecular weight excluding hydrogens is 340 g/mol. The molecule has 0 radical (unpaired) electrons. The van der Waals surface area contributed by atoms with Crippen LogP contribution in [0.3, 0.4) is 0 Å². The zero-order valence-electron chi connectivity index (χ0n) is 16.6. The number of carbonyl (C=O) groups excluding carboxylic acids is 2. The summed E-state index contributed by atoms with van der Waals surface area (Å²) in [5.74, 6) is 0.664. The highest BCUT2D eigenvalue weighted by atomic mass is 16.5. The van der Waals surface area contributed by atoms with Crippen LogP contribution in [-0.2, 0) is 9.59 Å². The molecule has 0 aromatic heterocycles. The van der Waals surface area contributed by atoms with Crippen molar-refractivity contribution >= 4 is 23.2 Å². The summed E-state index contributed by atoms with van der Waals surface area (Å²) in [6, 6.07) is 14.8. The number of rotatable bonds is 7. The summed E-state index contributed by atoms with van der Waals surface area (Å²) in [5.41, 5.74) is 2.47. The lowest BCUT2D eigenvalue weighted by molar-refractivity contribution is -0.122. The van der Waals surface area contributed by atoms with E-state index in [1.54, 1.807) is 31.2 Å². The predicted molar refractivity (Wildman–Crippen MR) is 109 cm³/mol. The van der Waals surface area contributed by atoms with E-state index in [4.69, 9.17) is 4.74 Å². The third-order valence-electron chi connectivity index (χ3n) is 4.15. The van der Waals surface area contributed by atoms with Gasteiger partial charge in [0.15, 0.2) is 6.10 Å². The van der Waals surface area contributed by atoms with Crippen LogP contribution in [0.1, 0.15) is 46.1 Å². The number of amides is 2. The molecule has 2 amide bonds. The fraction of sp³-hybridized carbons (Fsp3) is 0.364. The van der Waals surface area contributed by atoms with Gasteiger partial charge in [0.1, 0.15) is 5.75 Å². The highest BCUT2D eigenvalue weighted by molar-refractivity contribution is 5.96. The van der Waals surface area contributed by atoms with Gasteiger partial charge in [0.25, 0.3) is 5.91 Å². The molecule has 27 heavy (non-hydrogen) atoms. The number of nitrogens with one attached hydrogen (secondary N) is 2. The fourth-order valence-corrected chi connectivity index (χ4v) is 2.39. The Labute approximate surface area is 161 Å². The second-order valence-electron chi connectivity index (χ2n) is 7.20. The first-order chi connectivity index (χ1) is 12.8. The van der Waals surface area contributed by atoms with Crippen LogP contribution >= 0.6 is 0 Å². The second kappa shape index (κ2) is 9.21. The smallest absolute Gasteiger partial charge is 0.265 e. The average molecular weight is 368 g/mol. The molecule has 144 valence electrons. The normalized spacial score (nSPS) is 12.0. The minimum Gasteiger partial charge on any atom is -0.481 e. The van der Waals surface area contributed by atoms with E-state index in [1.165, 1.54) is 5.56 Å². The Hall–Kier alpha value is -2.82. The van der Waals surface area contributed by atoms with E-state index < -0.39 is 6.10 Å². The number of ether oxygens (including phenoxy) is 1. The van der Waals surface area contributed by atoms with E-state index >= 15 is 0 Å². The van der Waals surface area contributed by atoms with Gasteiger partial charge < -0.3 is 15.4 Å². The zero-order chi connectivity index (χ0) is 20.0. The van der Waals surface area contributed by atoms with Gasteiger partial charge in [-0.2, -0.15) is 0 Å². The molecule has 2 aromatic carbocycles. The van der Waals surface area contributed by atoms with Gasteiger partial charge in [-0.25, -0.2) is 0 Å². The lowest BCUT2D eigenvalue weighted by atomic mass is 10.0. The predicted octanol–water partition coefficient (Wildman–Crippen LogP) is 4.81. The Kier molecular flexibility index (Phi) is 6.99. The van der Waals surface area contributed by atoms with Crippen LogP contribution in [0.2, 0.25) is 0 Å². The maximum atomic E-state index is 12.4. The molecule has 0 bridgehead atoms. The first-order valence-corrected chi connectivity index (χ1v) is 9.24. The molecule has 2 N–H and O–H groups in total. The van der Waals surface area contributed by atoms with Gasteiger partial charge in [-0.15, -0.1) is 0 Å². The molecule has 0 spiro atoms. The number of hydrogen-bond donors (Lipinski definition) is 2. The van der Waals surface area contributed by atoms with Crippen LogP contribution < -0.4 is 15.4 Å². The Bertz CT molecular complexity index is 782. The summed E-state index contributed by atoms with van der Waals surface area (Å²) in [6.07, 6.45) is -0.649. The number of hydrogen-bond acceptors (Lipinski definition) is 3. The van der Waals surface area contributed by atoms with Gasteiger partial charge in [-0.3, -0.25) is 9.59 Å². The number of carbonyl (C=O) groups is 2. The quantitative estimate of drug-likeness (QED) is 0.737. The molecule has 0 aliphatic heterocycles. The Balaban J connectivity index is 1.96. The van der Waals surface area contributed by atoms with Crippen LogP contribution in [0.25, 0.3) is 0 Å². The summed E-state index contributed by atoms with van der Waals surface area (Å²) >= 11 is 0. The van der Waals surface area contributed by atoms with Crippen molar-refractivity contribution in [3.8, 4) is 5.75 Å². The highest BCUT2D eigenvalue weighted by Crippen LogP contribution is 2.20. The molecule has 1 atom stereocenters. The molecule has 2 aromatic rings. The van der Waals surface area contributed by atoms with E-state index in [9.17, 15) is 9.59 Å². The highest BCUT2D eigenvalue weighted by Gasteiger charge is 2.15. The maximum Gasteiger partial charge on any atom is 0.265 e. The fourth-order valence-electron chi connectivity index (χ4n) is 2.39. The summed E-state index contributed by atoms with van der Waals surface area (Å²) in [4.78, 5) is 24.2. The van der Waals surface area contributed by atoms with Crippen molar-refractivity contribution < 1.29 is 14.3 Å². The lowest BCUT2D eigenvalue weighted by Crippen LogP contribution is -2.30. The van der Waals surface area contributed by atoms with E-state index in [2.05, 4.69) is 24.5 Å². The average Bonchev–Trinajstić information content (AvgIpc) is 2.62. The van der Waals surface area contributed by atoms with E-state index in [-0.39, 0.29) is 17.7 Å². The minimum absolute atomic E-state index is 0.0694. The van der Waals surface area contributed by atoms with Crippen molar-refractivity contribution in [1.82, 2.24) is 0 Å². The van der Waals surface area contributed by atoms with Gasteiger partial charge in [-0.05, 0) is 48.7 Å². The summed E-state index contributed by atoms with van der Waals surface area (Å²) < 4.78 is 5.73. The molecule has 0 fully saturated rings. The molecule has 0 aliphatic carbocycles. The van der Waals surface area contributed by atoms with Crippen molar-refractivity contribution in [2.24, 2.45) is 5.92 Å². The third kappa shape index (κ3) is 6.13. The van der Waals surface area contributed by atoms with Gasteiger partial charge in [-0.1, -0.05) is 45.9 Å². The summed E-state index contributed by atoms with van der Waals surface area (Å²) in [5, 5.41) is 5.64. The topological polar surface area (TPSA) is 67.4 Å². The van der Waals surface area contributed by atoms with Gasteiger partial charge in [0.2, 0.25) is 5.91 Å². The third-order valence-corrected chi connectivity index (χ3v) is 4.15. The first kappa shape index (κ1) is 20.5. The van der Waals surface area contributed by atoms with Crippen molar-refractivity contribution in [3.63, 3.8) is 0 Å². The van der Waals surface area contributed by atoms with Crippen LogP contribution in [0.15, 0.2) is 48.5 Å². The van der Waals surface area contributed by atoms with Crippen LogP contribution in [0.5, 0.6) is 5.75 Å². The van der Waals surface area contributed by atoms with Gasteiger partial charge in [0.05, 0.1) is 0 Å². The van der Waals surface area contributed by atoms with Crippen molar-refractivity contribution in [2.45, 2.75) is 46.6 Å². The van der Waals surface area contributed by atoms with Crippen LogP contribution in [0, 0.1) is 5.92 Å². The van der Waals surface area contributed by atoms with Gasteiger partial charge >= 0.3 is 0 Å². The first-order valence-electron chi connectivity index (χ1n) is 9.24. The summed E-state index contributed by atoms with van der Waals surface area (Å²) in [7, 11) is 0.